The average Bonchev–Trinajstić information content (AvgIpc) is 3.15. The van der Waals surface area contributed by atoms with E-state index in [1.54, 1.807) is 38.5 Å². The van der Waals surface area contributed by atoms with E-state index in [0.717, 1.165) is 38.5 Å². The van der Waals surface area contributed by atoms with Crippen LogP contribution in [0.4, 0.5) is 0 Å². The molecule has 2 aromatic rings. The highest BCUT2D eigenvalue weighted by Gasteiger charge is 2.45. The Balaban J connectivity index is 1.75. The molecule has 4 aliphatic carbocycles. The Morgan fingerprint density at radius 3 is 1.62 bits per heavy atom. The first-order valence-corrected chi connectivity index (χ1v) is 21.0. The Kier molecular flexibility index (Phi) is 18.4. The largest absolute Gasteiger partial charge is 0.508 e. The van der Waals surface area contributed by atoms with Crippen molar-refractivity contribution in [2.75, 3.05) is 20.8 Å². The van der Waals surface area contributed by atoms with Crippen molar-refractivity contribution in [1.29, 1.82) is 0 Å². The maximum atomic E-state index is 11.8. The van der Waals surface area contributed by atoms with E-state index in [1.165, 1.54) is 0 Å². The first-order valence-electron chi connectivity index (χ1n) is 20.1. The number of aliphatic hydroxyl groups is 4. The molecule has 7 rings (SSSR count). The minimum Gasteiger partial charge on any atom is -0.508 e. The van der Waals surface area contributed by atoms with Gasteiger partial charge in [0.15, 0.2) is 0 Å². The number of aromatic hydroxyl groups is 3. The molecular weight excluding hydrogens is 751 g/mol. The van der Waals surface area contributed by atoms with Crippen molar-refractivity contribution in [3.8, 4) is 23.0 Å². The lowest BCUT2D eigenvalue weighted by molar-refractivity contribution is -0.277. The van der Waals surface area contributed by atoms with Crippen molar-refractivity contribution in [1.82, 2.24) is 0 Å². The van der Waals surface area contributed by atoms with Crippen molar-refractivity contribution in [3.05, 3.63) is 46.5 Å². The standard InChI is InChI=1S/C42H64Cl2O11/c1-5-7-11-24-13-9-15-29(44)22-34(53-4)27-19-32(48)38(35(20-27)54-42-41(51)40(50)39(49)36(23-45)55-42)25(12-8-6-2)14-10-16-28(43)21-33(52-3)26-17-30(46)37(24)31(47)18-26/h17-20,24-25,28-29,33-34,36,39-42,45-51H,5-16,21-23H2,1-4H3/t24-,25-,28+,29+,33+,34+,36?,39?,40?,41?,42?/m0/s1. The van der Waals surface area contributed by atoms with Crippen LogP contribution in [0.1, 0.15) is 150 Å². The van der Waals surface area contributed by atoms with Gasteiger partial charge < -0.3 is 54.7 Å². The summed E-state index contributed by atoms with van der Waals surface area (Å²) >= 11 is 13.9. The molecule has 11 nitrogen and oxygen atoms in total. The quantitative estimate of drug-likeness (QED) is 0.110. The molecule has 1 fully saturated rings. The number of benzene rings is 2. The van der Waals surface area contributed by atoms with Gasteiger partial charge in [-0.25, -0.2) is 0 Å². The van der Waals surface area contributed by atoms with Crippen LogP contribution in [0.2, 0.25) is 0 Å². The second-order valence-corrected chi connectivity index (χ2v) is 16.6. The zero-order valence-corrected chi connectivity index (χ0v) is 34.3. The third-order valence-corrected chi connectivity index (χ3v) is 12.2. The van der Waals surface area contributed by atoms with Crippen molar-refractivity contribution < 1.29 is 54.7 Å². The number of unbranched alkanes of at least 4 members (excludes halogenated alkanes) is 2. The molecule has 0 aromatic heterocycles. The van der Waals surface area contributed by atoms with Gasteiger partial charge in [-0.15, -0.1) is 23.2 Å². The highest BCUT2D eigenvalue weighted by atomic mass is 35.5. The number of hydrogen-bond donors (Lipinski definition) is 7. The highest BCUT2D eigenvalue weighted by molar-refractivity contribution is 6.20. The van der Waals surface area contributed by atoms with E-state index >= 15 is 0 Å². The number of alkyl halides is 2. The smallest absolute Gasteiger partial charge is 0.229 e. The molecule has 7 N–H and O–H groups in total. The summed E-state index contributed by atoms with van der Waals surface area (Å²) in [6.07, 6.45) is 1.53. The maximum Gasteiger partial charge on any atom is 0.229 e. The second-order valence-electron chi connectivity index (χ2n) is 15.4. The molecule has 0 saturated carbocycles. The molecule has 1 aliphatic heterocycles. The van der Waals surface area contributed by atoms with Crippen molar-refractivity contribution in [2.45, 2.75) is 169 Å². The predicted molar refractivity (Wildman–Crippen MR) is 213 cm³/mol. The molecule has 0 spiro atoms. The molecule has 1 saturated heterocycles. The van der Waals surface area contributed by atoms with Crippen LogP contribution in [-0.2, 0) is 14.2 Å². The molecule has 5 aliphatic rings. The van der Waals surface area contributed by atoms with Gasteiger partial charge in [0.2, 0.25) is 6.29 Å². The number of phenols is 3. The molecule has 55 heavy (non-hydrogen) atoms. The second kappa shape index (κ2) is 22.2. The van der Waals surface area contributed by atoms with Gasteiger partial charge in [0, 0.05) is 36.1 Å². The molecule has 2 aromatic carbocycles. The molecule has 0 radical (unpaired) electrons. The van der Waals surface area contributed by atoms with Crippen LogP contribution in [0.15, 0.2) is 24.3 Å². The third kappa shape index (κ3) is 12.0. The van der Waals surface area contributed by atoms with E-state index in [1.807, 2.05) is 0 Å². The van der Waals surface area contributed by atoms with Gasteiger partial charge in [0.1, 0.15) is 47.4 Å². The summed E-state index contributed by atoms with van der Waals surface area (Å²) in [6, 6.07) is 6.80. The van der Waals surface area contributed by atoms with Crippen LogP contribution >= 0.6 is 23.2 Å². The predicted octanol–water partition coefficient (Wildman–Crippen LogP) is 7.95. The fourth-order valence-electron chi connectivity index (χ4n) is 8.24. The van der Waals surface area contributed by atoms with Crippen molar-refractivity contribution in [3.63, 3.8) is 0 Å². The molecule has 13 heteroatoms. The topological polar surface area (TPSA) is 179 Å². The molecular formula is C42H64Cl2O11. The van der Waals surface area contributed by atoms with E-state index in [4.69, 9.17) is 42.1 Å². The Labute approximate surface area is 336 Å². The van der Waals surface area contributed by atoms with E-state index in [-0.39, 0.29) is 45.6 Å². The van der Waals surface area contributed by atoms with Crippen molar-refractivity contribution >= 4 is 23.2 Å². The van der Waals surface area contributed by atoms with Gasteiger partial charge in [-0.2, -0.15) is 0 Å². The lowest BCUT2D eigenvalue weighted by Crippen LogP contribution is -2.60. The molecule has 11 atom stereocenters. The number of methoxy groups -OCH3 is 2. The van der Waals surface area contributed by atoms with Crippen LogP contribution in [0.3, 0.4) is 0 Å². The number of hydrogen-bond acceptors (Lipinski definition) is 11. The first kappa shape index (κ1) is 45.6. The minimum atomic E-state index is -1.64. The zero-order chi connectivity index (χ0) is 40.2. The Bertz CT molecular complexity index is 1440. The number of phenolic OH excluding ortho intramolecular Hbond substituents is 3. The summed E-state index contributed by atoms with van der Waals surface area (Å²) in [5, 5.41) is 75.5. The van der Waals surface area contributed by atoms with E-state index in [9.17, 15) is 35.7 Å². The van der Waals surface area contributed by atoms with Crippen LogP contribution in [0.5, 0.6) is 23.0 Å². The fraction of sp³-hybridized carbons (Fsp3) is 0.714. The van der Waals surface area contributed by atoms with Gasteiger partial charge in [0.25, 0.3) is 0 Å². The summed E-state index contributed by atoms with van der Waals surface area (Å²) in [6.45, 7) is 3.59. The Morgan fingerprint density at radius 2 is 1.15 bits per heavy atom. The average molecular weight is 816 g/mol. The SMILES string of the molecule is CCCC[C@H]1CCC[C@@H](Cl)C[C@@H](OC)c2cc(O)c(c(OC3OC(CO)C(O)C(O)C3O)c2)[C@@H](CCCC)CCC[C@@H](Cl)C[C@@H](OC)c2cc(O)c1c(O)c2. The monoisotopic (exact) mass is 814 g/mol. The Morgan fingerprint density at radius 1 is 0.673 bits per heavy atom. The molecule has 0 amide bonds. The van der Waals surface area contributed by atoms with Gasteiger partial charge >= 0.3 is 0 Å². The summed E-state index contributed by atoms with van der Waals surface area (Å²) in [5.41, 5.74) is 2.29. The lowest BCUT2D eigenvalue weighted by atomic mass is 9.85. The summed E-state index contributed by atoms with van der Waals surface area (Å²) in [5.74, 6) is 0.0461. The van der Waals surface area contributed by atoms with Crippen LogP contribution in [0.25, 0.3) is 0 Å². The summed E-state index contributed by atoms with van der Waals surface area (Å²) in [4.78, 5) is 0. The number of aliphatic hydroxyl groups excluding tert-OH is 4. The lowest BCUT2D eigenvalue weighted by Gasteiger charge is -2.40. The number of ether oxygens (including phenoxy) is 4. The fourth-order valence-corrected chi connectivity index (χ4v) is 8.87. The molecule has 5 unspecified atom stereocenters. The minimum absolute atomic E-state index is 0.0169. The van der Waals surface area contributed by atoms with Crippen LogP contribution in [0, 0.1) is 0 Å². The van der Waals surface area contributed by atoms with E-state index in [2.05, 4.69) is 13.8 Å². The highest BCUT2D eigenvalue weighted by Crippen LogP contribution is 2.46. The first-order chi connectivity index (χ1) is 26.4. The zero-order valence-electron chi connectivity index (χ0n) is 32.8. The van der Waals surface area contributed by atoms with E-state index in [0.29, 0.717) is 73.6 Å². The molecule has 312 valence electrons. The van der Waals surface area contributed by atoms with Gasteiger partial charge in [-0.05, 0) is 98.6 Å². The van der Waals surface area contributed by atoms with Crippen LogP contribution < -0.4 is 4.74 Å². The number of halogens is 2. The normalized spacial score (nSPS) is 31.5. The van der Waals surface area contributed by atoms with Gasteiger partial charge in [-0.1, -0.05) is 52.4 Å². The van der Waals surface area contributed by atoms with E-state index < -0.39 is 49.5 Å². The van der Waals surface area contributed by atoms with Crippen molar-refractivity contribution in [2.24, 2.45) is 0 Å². The summed E-state index contributed by atoms with van der Waals surface area (Å²) < 4.78 is 23.9. The molecule has 4 bridgehead atoms. The van der Waals surface area contributed by atoms with Gasteiger partial charge in [0.05, 0.1) is 18.8 Å². The number of rotatable bonds is 11. The Hall–Kier alpha value is -2.06. The summed E-state index contributed by atoms with van der Waals surface area (Å²) in [7, 11) is 3.16. The third-order valence-electron chi connectivity index (χ3n) is 11.4. The maximum absolute atomic E-state index is 11.8. The van der Waals surface area contributed by atoms with Crippen LogP contribution in [-0.4, -0.2) is 98.0 Å². The molecule has 1 heterocycles. The van der Waals surface area contributed by atoms with Gasteiger partial charge in [-0.3, -0.25) is 0 Å².